The molecule has 0 aliphatic rings. The second-order valence-electron chi connectivity index (χ2n) is 9.41. The molecule has 0 aliphatic heterocycles. The van der Waals surface area contributed by atoms with Gasteiger partial charge < -0.3 is 0 Å². The van der Waals surface area contributed by atoms with Crippen molar-refractivity contribution in [3.05, 3.63) is 139 Å². The van der Waals surface area contributed by atoms with Gasteiger partial charge in [0.15, 0.2) is 0 Å². The molecule has 0 saturated heterocycles. The monoisotopic (exact) mass is 461 g/mol. The molecule has 0 unspecified atom stereocenters. The van der Waals surface area contributed by atoms with Crippen molar-refractivity contribution in [3.8, 4) is 44.6 Å². The molecular weight excluding hydrogens is 434 g/mol. The van der Waals surface area contributed by atoms with E-state index in [1.165, 1.54) is 33.4 Å². The van der Waals surface area contributed by atoms with Crippen molar-refractivity contribution in [2.24, 2.45) is 0 Å². The molecule has 0 spiro atoms. The predicted octanol–water partition coefficient (Wildman–Crippen LogP) is 9.52. The van der Waals surface area contributed by atoms with E-state index in [9.17, 15) is 0 Å². The second kappa shape index (κ2) is 9.28. The van der Waals surface area contributed by atoms with Gasteiger partial charge in [0.05, 0.1) is 11.2 Å². The number of pyridine rings is 1. The van der Waals surface area contributed by atoms with Gasteiger partial charge in [-0.05, 0) is 42.2 Å². The first kappa shape index (κ1) is 22.0. The maximum Gasteiger partial charge on any atom is 0.0794 e. The number of fused-ring (bicyclic) bond motifs is 1. The molecule has 6 rings (SSSR count). The number of aryl methyl sites for hydroxylation is 2. The van der Waals surface area contributed by atoms with Gasteiger partial charge in [0.2, 0.25) is 0 Å². The Hall–Kier alpha value is -4.49. The Balaban J connectivity index is 1.72. The molecule has 0 aliphatic carbocycles. The molecule has 1 nitrogen and oxygen atoms in total. The first-order valence-electron chi connectivity index (χ1n) is 12.4. The topological polar surface area (TPSA) is 12.9 Å². The van der Waals surface area contributed by atoms with Gasteiger partial charge in [0.1, 0.15) is 0 Å². The number of aromatic nitrogens is 1. The number of benzene rings is 5. The minimum absolute atomic E-state index is 1.01. The molecule has 1 aromatic heterocycles. The lowest BCUT2D eigenvalue weighted by Crippen LogP contribution is -1.95. The fraction of sp³-hybridized carbons (Fsp3) is 0.0571. The highest BCUT2D eigenvalue weighted by atomic mass is 14.7. The fourth-order valence-corrected chi connectivity index (χ4v) is 4.86. The minimum Gasteiger partial charge on any atom is -0.246 e. The van der Waals surface area contributed by atoms with Crippen molar-refractivity contribution in [1.29, 1.82) is 0 Å². The Morgan fingerprint density at radius 3 is 1.47 bits per heavy atom. The average Bonchev–Trinajstić information content (AvgIpc) is 2.94. The lowest BCUT2D eigenvalue weighted by molar-refractivity contribution is 1.38. The molecule has 172 valence electrons. The predicted molar refractivity (Wildman–Crippen MR) is 153 cm³/mol. The first-order chi connectivity index (χ1) is 17.7. The van der Waals surface area contributed by atoms with Crippen molar-refractivity contribution in [3.63, 3.8) is 0 Å². The van der Waals surface area contributed by atoms with Crippen LogP contribution in [0, 0.1) is 13.8 Å². The van der Waals surface area contributed by atoms with E-state index >= 15 is 0 Å². The van der Waals surface area contributed by atoms with Crippen molar-refractivity contribution in [2.75, 3.05) is 0 Å². The molecule has 6 aromatic rings. The van der Waals surface area contributed by atoms with E-state index in [2.05, 4.69) is 141 Å². The number of nitrogens with zero attached hydrogens (tertiary/aromatic N) is 1. The summed E-state index contributed by atoms with van der Waals surface area (Å²) in [5, 5.41) is 1.16. The van der Waals surface area contributed by atoms with Gasteiger partial charge in [-0.3, -0.25) is 0 Å². The summed E-state index contributed by atoms with van der Waals surface area (Å²) in [4.78, 5) is 5.43. The van der Waals surface area contributed by atoms with E-state index < -0.39 is 0 Å². The van der Waals surface area contributed by atoms with Gasteiger partial charge >= 0.3 is 0 Å². The van der Waals surface area contributed by atoms with Crippen LogP contribution < -0.4 is 0 Å². The van der Waals surface area contributed by atoms with Gasteiger partial charge in [-0.15, -0.1) is 0 Å². The molecule has 5 aromatic carbocycles. The van der Waals surface area contributed by atoms with Gasteiger partial charge in [0, 0.05) is 22.1 Å². The number of rotatable bonds is 4. The maximum absolute atomic E-state index is 5.43. The Morgan fingerprint density at radius 2 is 0.889 bits per heavy atom. The third-order valence-electron chi connectivity index (χ3n) is 6.84. The fourth-order valence-electron chi connectivity index (χ4n) is 4.86. The lowest BCUT2D eigenvalue weighted by Gasteiger charge is -2.17. The Morgan fingerprint density at radius 1 is 0.417 bits per heavy atom. The quantitative estimate of drug-likeness (QED) is 0.255. The van der Waals surface area contributed by atoms with Gasteiger partial charge in [-0.1, -0.05) is 132 Å². The van der Waals surface area contributed by atoms with Crippen LogP contribution in [0.2, 0.25) is 0 Å². The van der Waals surface area contributed by atoms with Gasteiger partial charge in [-0.2, -0.15) is 0 Å². The van der Waals surface area contributed by atoms with Crippen LogP contribution in [0.3, 0.4) is 0 Å². The highest BCUT2D eigenvalue weighted by Gasteiger charge is 2.17. The van der Waals surface area contributed by atoms with E-state index in [0.29, 0.717) is 0 Å². The third kappa shape index (κ3) is 4.10. The second-order valence-corrected chi connectivity index (χ2v) is 9.41. The number of hydrogen-bond acceptors (Lipinski definition) is 1. The number of hydrogen-bond donors (Lipinski definition) is 0. The molecule has 0 fully saturated rings. The molecule has 0 amide bonds. The van der Waals surface area contributed by atoms with E-state index in [-0.39, 0.29) is 0 Å². The zero-order chi connectivity index (χ0) is 24.5. The molecule has 0 atom stereocenters. The van der Waals surface area contributed by atoms with Gasteiger partial charge in [-0.25, -0.2) is 4.98 Å². The largest absolute Gasteiger partial charge is 0.246 e. The zero-order valence-electron chi connectivity index (χ0n) is 20.6. The zero-order valence-corrected chi connectivity index (χ0v) is 20.6. The molecule has 1 heterocycles. The third-order valence-corrected chi connectivity index (χ3v) is 6.84. The molecule has 0 N–H and O–H groups in total. The van der Waals surface area contributed by atoms with Crippen molar-refractivity contribution < 1.29 is 0 Å². The summed E-state index contributed by atoms with van der Waals surface area (Å²) in [5.74, 6) is 0. The van der Waals surface area contributed by atoms with Crippen LogP contribution in [0.25, 0.3) is 55.5 Å². The summed E-state index contributed by atoms with van der Waals surface area (Å²) >= 11 is 0. The smallest absolute Gasteiger partial charge is 0.0794 e. The van der Waals surface area contributed by atoms with Crippen LogP contribution >= 0.6 is 0 Å². The summed E-state index contributed by atoms with van der Waals surface area (Å²) in [6.45, 7) is 4.25. The Bertz CT molecular complexity index is 1650. The van der Waals surface area contributed by atoms with Crippen LogP contribution in [0.1, 0.15) is 11.1 Å². The highest BCUT2D eigenvalue weighted by Crippen LogP contribution is 2.40. The van der Waals surface area contributed by atoms with E-state index in [1.54, 1.807) is 0 Å². The molecule has 0 bridgehead atoms. The van der Waals surface area contributed by atoms with Crippen LogP contribution in [0.15, 0.2) is 127 Å². The standard InChI is InChI=1S/C35H27N/c1-24-13-17-27(18-14-24)31-22-21-30(26-9-5-3-6-10-26)33-23-32(28-19-15-25(2)16-20-28)34(36-35(31)33)29-11-7-4-8-12-29/h3-23H,1-2H3. The summed E-state index contributed by atoms with van der Waals surface area (Å²) in [5.41, 5.74) is 12.7. The highest BCUT2D eigenvalue weighted by molar-refractivity contribution is 6.06. The Labute approximate surface area is 212 Å². The molecule has 36 heavy (non-hydrogen) atoms. The summed E-state index contributed by atoms with van der Waals surface area (Å²) in [6.07, 6.45) is 0. The van der Waals surface area contributed by atoms with E-state index in [1.807, 2.05) is 0 Å². The normalized spacial score (nSPS) is 11.1. The average molecular weight is 462 g/mol. The van der Waals surface area contributed by atoms with Crippen LogP contribution in [-0.4, -0.2) is 4.98 Å². The van der Waals surface area contributed by atoms with Crippen molar-refractivity contribution >= 4 is 10.9 Å². The van der Waals surface area contributed by atoms with Crippen molar-refractivity contribution in [1.82, 2.24) is 4.98 Å². The molecule has 1 heteroatoms. The summed E-state index contributed by atoms with van der Waals surface area (Å²) < 4.78 is 0. The maximum atomic E-state index is 5.43. The summed E-state index contributed by atoms with van der Waals surface area (Å²) in [7, 11) is 0. The Kier molecular flexibility index (Phi) is 5.67. The van der Waals surface area contributed by atoms with Crippen LogP contribution in [-0.2, 0) is 0 Å². The molecule has 0 radical (unpaired) electrons. The van der Waals surface area contributed by atoms with Crippen LogP contribution in [0.5, 0.6) is 0 Å². The van der Waals surface area contributed by atoms with Crippen LogP contribution in [0.4, 0.5) is 0 Å². The van der Waals surface area contributed by atoms with Crippen molar-refractivity contribution in [2.45, 2.75) is 13.8 Å². The minimum atomic E-state index is 1.01. The lowest BCUT2D eigenvalue weighted by atomic mass is 9.90. The molecule has 0 saturated carbocycles. The SMILES string of the molecule is Cc1ccc(-c2cc3c(-c4ccccc4)ccc(-c4ccc(C)cc4)c3nc2-c2ccccc2)cc1. The van der Waals surface area contributed by atoms with E-state index in [0.717, 1.165) is 33.3 Å². The first-order valence-corrected chi connectivity index (χ1v) is 12.4. The van der Waals surface area contributed by atoms with E-state index in [4.69, 9.17) is 4.98 Å². The van der Waals surface area contributed by atoms with Gasteiger partial charge in [0.25, 0.3) is 0 Å². The molecular formula is C35H27N. The summed E-state index contributed by atoms with van der Waals surface area (Å²) in [6, 6.07) is 45.5.